The van der Waals surface area contributed by atoms with Crippen molar-refractivity contribution in [2.24, 2.45) is 7.05 Å². The third-order valence-corrected chi connectivity index (χ3v) is 3.85. The van der Waals surface area contributed by atoms with Crippen LogP contribution in [0.1, 0.15) is 24.6 Å². The average molecular weight is 371 g/mol. The molecule has 2 aromatic rings. The lowest BCUT2D eigenvalue weighted by molar-refractivity contribution is -0.143. The van der Waals surface area contributed by atoms with E-state index in [1.807, 2.05) is 13.0 Å². The number of alkyl halides is 3. The summed E-state index contributed by atoms with van der Waals surface area (Å²) in [7, 11) is 1.04. The second kappa shape index (κ2) is 7.19. The Kier molecular flexibility index (Phi) is 5.43. The van der Waals surface area contributed by atoms with E-state index in [1.165, 1.54) is 12.1 Å². The van der Waals surface area contributed by atoms with Crippen LogP contribution in [0.4, 0.5) is 13.2 Å². The lowest BCUT2D eigenvalue weighted by atomic mass is 10.0. The van der Waals surface area contributed by atoms with Crippen LogP contribution >= 0.6 is 11.6 Å². The molecule has 4 nitrogen and oxygen atoms in total. The van der Waals surface area contributed by atoms with E-state index >= 15 is 0 Å². The van der Waals surface area contributed by atoms with Gasteiger partial charge in [0.05, 0.1) is 17.2 Å². The number of aromatic nitrogens is 1. The summed E-state index contributed by atoms with van der Waals surface area (Å²) in [4.78, 5) is 12.4. The molecule has 0 aliphatic carbocycles. The maximum atomic E-state index is 12.9. The second-order valence-electron chi connectivity index (χ2n) is 5.28. The van der Waals surface area contributed by atoms with Gasteiger partial charge >= 0.3 is 6.18 Å². The number of nitrogens with zero attached hydrogens (tertiary/aromatic N) is 2. The van der Waals surface area contributed by atoms with Gasteiger partial charge in [-0.15, -0.1) is 0 Å². The highest BCUT2D eigenvalue weighted by Gasteiger charge is 2.34. The van der Waals surface area contributed by atoms with Crippen LogP contribution in [-0.2, 0) is 13.2 Å². The van der Waals surface area contributed by atoms with Crippen LogP contribution in [0.3, 0.4) is 0 Å². The molecule has 1 heterocycles. The number of benzene rings is 1. The molecular weight excluding hydrogens is 357 g/mol. The van der Waals surface area contributed by atoms with Crippen LogP contribution in [0.25, 0.3) is 11.1 Å². The first kappa shape index (κ1) is 18.9. The van der Waals surface area contributed by atoms with E-state index in [2.05, 4.69) is 0 Å². The summed E-state index contributed by atoms with van der Waals surface area (Å²) in [6, 6.07) is 6.56. The molecule has 0 unspecified atom stereocenters. The number of hydrogen-bond acceptors (Lipinski definition) is 3. The average Bonchev–Trinajstić information content (AvgIpc) is 2.55. The van der Waals surface area contributed by atoms with Crippen LogP contribution in [0.15, 0.2) is 29.1 Å². The highest BCUT2D eigenvalue weighted by molar-refractivity contribution is 6.33. The Bertz CT molecular complexity index is 898. The molecule has 0 N–H and O–H groups in total. The molecule has 25 heavy (non-hydrogen) atoms. The highest BCUT2D eigenvalue weighted by Crippen LogP contribution is 2.34. The number of ether oxygens (including phenoxy) is 1. The monoisotopic (exact) mass is 370 g/mol. The minimum atomic E-state index is -4.64. The summed E-state index contributed by atoms with van der Waals surface area (Å²) in [5.41, 5.74) is -1.52. The van der Waals surface area contributed by atoms with Crippen LogP contribution < -0.4 is 10.3 Å². The van der Waals surface area contributed by atoms with Gasteiger partial charge in [0, 0.05) is 18.2 Å². The molecule has 2 rings (SSSR count). The van der Waals surface area contributed by atoms with Crippen molar-refractivity contribution in [3.63, 3.8) is 0 Å². The van der Waals surface area contributed by atoms with Crippen LogP contribution in [-0.4, -0.2) is 11.2 Å². The zero-order valence-corrected chi connectivity index (χ0v) is 14.2. The van der Waals surface area contributed by atoms with E-state index in [4.69, 9.17) is 21.6 Å². The van der Waals surface area contributed by atoms with E-state index in [-0.39, 0.29) is 27.5 Å². The Morgan fingerprint density at radius 3 is 2.52 bits per heavy atom. The van der Waals surface area contributed by atoms with Crippen molar-refractivity contribution in [3.8, 4) is 22.9 Å². The number of halogens is 4. The summed E-state index contributed by atoms with van der Waals surface area (Å²) in [6.45, 7) is 2.23. The maximum absolute atomic E-state index is 12.9. The van der Waals surface area contributed by atoms with Crippen molar-refractivity contribution >= 4 is 11.6 Å². The summed E-state index contributed by atoms with van der Waals surface area (Å²) >= 11 is 6.13. The third-order valence-electron chi connectivity index (χ3n) is 3.54. The maximum Gasteiger partial charge on any atom is 0.431 e. The molecule has 0 atom stereocenters. The van der Waals surface area contributed by atoms with Crippen molar-refractivity contribution in [1.82, 2.24) is 4.57 Å². The predicted molar refractivity (Wildman–Crippen MR) is 87.6 cm³/mol. The van der Waals surface area contributed by atoms with Crippen molar-refractivity contribution in [1.29, 1.82) is 5.26 Å². The molecule has 0 fully saturated rings. The number of nitriles is 1. The van der Waals surface area contributed by atoms with Gasteiger partial charge in [-0.05, 0) is 30.7 Å². The molecular formula is C17H14ClF3N2O2. The van der Waals surface area contributed by atoms with Gasteiger partial charge in [-0.25, -0.2) is 0 Å². The predicted octanol–water partition coefficient (Wildman–Crippen LogP) is 4.38. The van der Waals surface area contributed by atoms with E-state index in [0.29, 0.717) is 17.6 Å². The minimum absolute atomic E-state index is 0.00802. The van der Waals surface area contributed by atoms with Gasteiger partial charge in [-0.2, -0.15) is 18.4 Å². The number of rotatable bonds is 4. The first-order valence-corrected chi connectivity index (χ1v) is 7.72. The second-order valence-corrected chi connectivity index (χ2v) is 5.69. The molecule has 0 bridgehead atoms. The molecule has 0 aliphatic rings. The fourth-order valence-corrected chi connectivity index (χ4v) is 2.57. The molecule has 8 heteroatoms. The highest BCUT2D eigenvalue weighted by atomic mass is 35.5. The van der Waals surface area contributed by atoms with E-state index < -0.39 is 17.4 Å². The summed E-state index contributed by atoms with van der Waals surface area (Å²) in [5.74, 6) is 0.228. The molecule has 1 aromatic heterocycles. The normalized spacial score (nSPS) is 11.2. The van der Waals surface area contributed by atoms with Crippen LogP contribution in [0, 0.1) is 11.3 Å². The van der Waals surface area contributed by atoms with Crippen molar-refractivity contribution in [2.45, 2.75) is 19.5 Å². The summed E-state index contributed by atoms with van der Waals surface area (Å²) in [6.07, 6.45) is -3.94. The molecule has 0 spiro atoms. The SMILES string of the molecule is CCCOc1cc(-c2ccc(C(F)(F)F)n(C)c2=O)c(Cl)cc1C#N. The molecule has 1 aromatic carbocycles. The van der Waals surface area contributed by atoms with Crippen molar-refractivity contribution in [2.75, 3.05) is 6.61 Å². The Hall–Kier alpha value is -2.46. The summed E-state index contributed by atoms with van der Waals surface area (Å²) < 4.78 is 44.7. The first-order valence-electron chi connectivity index (χ1n) is 7.34. The third kappa shape index (κ3) is 3.80. The largest absolute Gasteiger partial charge is 0.492 e. The van der Waals surface area contributed by atoms with Crippen molar-refractivity contribution in [3.05, 3.63) is 50.9 Å². The zero-order valence-electron chi connectivity index (χ0n) is 13.4. The van der Waals surface area contributed by atoms with Crippen LogP contribution in [0.2, 0.25) is 5.02 Å². The van der Waals surface area contributed by atoms with Gasteiger partial charge < -0.3 is 9.30 Å². The lowest BCUT2D eigenvalue weighted by Crippen LogP contribution is -2.26. The Morgan fingerprint density at radius 2 is 1.96 bits per heavy atom. The van der Waals surface area contributed by atoms with Gasteiger partial charge in [-0.1, -0.05) is 18.5 Å². The van der Waals surface area contributed by atoms with Gasteiger partial charge in [0.2, 0.25) is 0 Å². The number of hydrogen-bond donors (Lipinski definition) is 0. The van der Waals surface area contributed by atoms with E-state index in [1.54, 1.807) is 0 Å². The number of pyridine rings is 1. The van der Waals surface area contributed by atoms with Gasteiger partial charge in [0.15, 0.2) is 0 Å². The van der Waals surface area contributed by atoms with E-state index in [9.17, 15) is 18.0 Å². The topological polar surface area (TPSA) is 55.0 Å². The standard InChI is InChI=1S/C17H14ClF3N2O2/c1-3-6-25-14-8-12(13(18)7-10(14)9-22)11-4-5-15(17(19,20)21)23(2)16(11)24/h4-5,7-8H,3,6H2,1-2H3. The molecule has 132 valence electrons. The molecule has 0 saturated carbocycles. The van der Waals surface area contributed by atoms with Crippen LogP contribution in [0.5, 0.6) is 5.75 Å². The first-order chi connectivity index (χ1) is 11.7. The van der Waals surface area contributed by atoms with E-state index in [0.717, 1.165) is 19.2 Å². The smallest absolute Gasteiger partial charge is 0.431 e. The molecule has 0 radical (unpaired) electrons. The molecule has 0 saturated heterocycles. The fraction of sp³-hybridized carbons (Fsp3) is 0.294. The molecule has 0 amide bonds. The van der Waals surface area contributed by atoms with Gasteiger partial charge in [-0.3, -0.25) is 4.79 Å². The van der Waals surface area contributed by atoms with Gasteiger partial charge in [0.1, 0.15) is 17.5 Å². The molecule has 0 aliphatic heterocycles. The Morgan fingerprint density at radius 1 is 1.28 bits per heavy atom. The Balaban J connectivity index is 2.65. The Labute approximate surface area is 147 Å². The van der Waals surface area contributed by atoms with Gasteiger partial charge in [0.25, 0.3) is 5.56 Å². The van der Waals surface area contributed by atoms with Crippen molar-refractivity contribution < 1.29 is 17.9 Å². The zero-order chi connectivity index (χ0) is 18.8. The lowest BCUT2D eigenvalue weighted by Gasteiger charge is -2.15. The minimum Gasteiger partial charge on any atom is -0.492 e. The summed E-state index contributed by atoms with van der Waals surface area (Å²) in [5, 5.41) is 9.23. The fourth-order valence-electron chi connectivity index (χ4n) is 2.30. The quantitative estimate of drug-likeness (QED) is 0.802.